The fraction of sp³-hybridized carbons (Fsp3) is 0. The molecule has 0 unspecified atom stereocenters. The molecule has 0 aliphatic carbocycles. The Bertz CT molecular complexity index is 293. The van der Waals surface area contributed by atoms with Crippen LogP contribution in [0.1, 0.15) is 11.1 Å². The topological polar surface area (TPSA) is 52.0 Å². The molecule has 0 bridgehead atoms. The molecule has 1 rings (SSSR count). The highest BCUT2D eigenvalue weighted by molar-refractivity contribution is 5.75. The van der Waals surface area contributed by atoms with Gasteiger partial charge in [0, 0.05) is 11.4 Å². The maximum atomic E-state index is 5.70. The molecular weight excluding hydrogens is 148 g/mol. The van der Waals surface area contributed by atoms with Gasteiger partial charge in [0.1, 0.15) is 0 Å². The lowest BCUT2D eigenvalue weighted by Crippen LogP contribution is -1.95. The van der Waals surface area contributed by atoms with Gasteiger partial charge >= 0.3 is 0 Å². The number of nitrogens with two attached hydrogens (primary N) is 2. The van der Waals surface area contributed by atoms with Crippen molar-refractivity contribution in [1.82, 2.24) is 0 Å². The van der Waals surface area contributed by atoms with Gasteiger partial charge in [0.25, 0.3) is 0 Å². The van der Waals surface area contributed by atoms with E-state index < -0.39 is 0 Å². The Balaban J connectivity index is 3.34. The van der Waals surface area contributed by atoms with E-state index >= 15 is 0 Å². The molecule has 1 aromatic carbocycles. The van der Waals surface area contributed by atoms with Crippen LogP contribution < -0.4 is 11.5 Å². The van der Waals surface area contributed by atoms with E-state index in [1.54, 1.807) is 24.3 Å². The number of benzene rings is 1. The molecule has 2 heteroatoms. The number of anilines is 2. The van der Waals surface area contributed by atoms with E-state index in [4.69, 9.17) is 11.5 Å². The van der Waals surface area contributed by atoms with Crippen LogP contribution in [0, 0.1) is 0 Å². The van der Waals surface area contributed by atoms with Gasteiger partial charge in [-0.15, -0.1) is 0 Å². The Morgan fingerprint density at radius 2 is 1.25 bits per heavy atom. The zero-order chi connectivity index (χ0) is 9.14. The zero-order valence-corrected chi connectivity index (χ0v) is 6.88. The fourth-order valence-electron chi connectivity index (χ4n) is 1.02. The first kappa shape index (κ1) is 8.40. The van der Waals surface area contributed by atoms with Crippen LogP contribution in [0.2, 0.25) is 0 Å². The van der Waals surface area contributed by atoms with Crippen LogP contribution in [0.15, 0.2) is 25.3 Å². The lowest BCUT2D eigenvalue weighted by Gasteiger charge is -2.05. The van der Waals surface area contributed by atoms with E-state index in [0.29, 0.717) is 11.4 Å². The lowest BCUT2D eigenvalue weighted by atomic mass is 10.1. The summed E-state index contributed by atoms with van der Waals surface area (Å²) in [6, 6.07) is 3.58. The molecule has 1 aromatic rings. The molecule has 0 heterocycles. The van der Waals surface area contributed by atoms with Crippen LogP contribution in [0.25, 0.3) is 12.2 Å². The summed E-state index contributed by atoms with van der Waals surface area (Å²) >= 11 is 0. The van der Waals surface area contributed by atoms with Gasteiger partial charge in [-0.3, -0.25) is 0 Å². The third-order valence-corrected chi connectivity index (χ3v) is 1.73. The van der Waals surface area contributed by atoms with Crippen LogP contribution in [-0.2, 0) is 0 Å². The van der Waals surface area contributed by atoms with Crippen molar-refractivity contribution >= 4 is 23.5 Å². The van der Waals surface area contributed by atoms with E-state index in [1.807, 2.05) is 0 Å². The van der Waals surface area contributed by atoms with Crippen molar-refractivity contribution < 1.29 is 0 Å². The molecule has 4 N–H and O–H groups in total. The van der Waals surface area contributed by atoms with E-state index in [1.165, 1.54) is 0 Å². The Kier molecular flexibility index (Phi) is 2.19. The molecule has 0 atom stereocenters. The first-order chi connectivity index (χ1) is 5.69. The SMILES string of the molecule is C=Cc1cc(N)c(C=C)cc1N. The molecule has 0 spiro atoms. The average Bonchev–Trinajstić information content (AvgIpc) is 2.08. The van der Waals surface area contributed by atoms with Crippen molar-refractivity contribution in [2.45, 2.75) is 0 Å². The van der Waals surface area contributed by atoms with Gasteiger partial charge < -0.3 is 11.5 Å². The molecule has 0 saturated heterocycles. The third-order valence-electron chi connectivity index (χ3n) is 1.73. The maximum absolute atomic E-state index is 5.70. The zero-order valence-electron chi connectivity index (χ0n) is 6.88. The Hall–Kier alpha value is -1.70. The molecule has 0 aromatic heterocycles. The minimum atomic E-state index is 0.675. The second-order valence-electron chi connectivity index (χ2n) is 2.52. The number of nitrogen functional groups attached to an aromatic ring is 2. The van der Waals surface area contributed by atoms with Crippen molar-refractivity contribution in [1.29, 1.82) is 0 Å². The Morgan fingerprint density at radius 3 is 1.50 bits per heavy atom. The van der Waals surface area contributed by atoms with Gasteiger partial charge in [-0.25, -0.2) is 0 Å². The molecule has 12 heavy (non-hydrogen) atoms. The van der Waals surface area contributed by atoms with E-state index in [-0.39, 0.29) is 0 Å². The smallest absolute Gasteiger partial charge is 0.0394 e. The van der Waals surface area contributed by atoms with Gasteiger partial charge in [-0.05, 0) is 23.3 Å². The molecule has 0 aliphatic heterocycles. The second kappa shape index (κ2) is 3.13. The lowest BCUT2D eigenvalue weighted by molar-refractivity contribution is 1.60. The van der Waals surface area contributed by atoms with Gasteiger partial charge in [-0.2, -0.15) is 0 Å². The Morgan fingerprint density at radius 1 is 0.917 bits per heavy atom. The van der Waals surface area contributed by atoms with Crippen molar-refractivity contribution in [3.05, 3.63) is 36.4 Å². The van der Waals surface area contributed by atoms with Gasteiger partial charge in [0.15, 0.2) is 0 Å². The van der Waals surface area contributed by atoms with Crippen molar-refractivity contribution in [3.63, 3.8) is 0 Å². The number of hydrogen-bond acceptors (Lipinski definition) is 2. The average molecular weight is 160 g/mol. The molecule has 2 nitrogen and oxygen atoms in total. The highest BCUT2D eigenvalue weighted by atomic mass is 14.6. The van der Waals surface area contributed by atoms with Crippen LogP contribution in [0.5, 0.6) is 0 Å². The van der Waals surface area contributed by atoms with E-state index in [9.17, 15) is 0 Å². The van der Waals surface area contributed by atoms with Gasteiger partial charge in [-0.1, -0.05) is 25.3 Å². The summed E-state index contributed by atoms with van der Waals surface area (Å²) in [5.41, 5.74) is 14.5. The van der Waals surface area contributed by atoms with Gasteiger partial charge in [0.05, 0.1) is 0 Å². The van der Waals surface area contributed by atoms with E-state index in [2.05, 4.69) is 13.2 Å². The van der Waals surface area contributed by atoms with Crippen molar-refractivity contribution in [3.8, 4) is 0 Å². The molecule has 62 valence electrons. The summed E-state index contributed by atoms with van der Waals surface area (Å²) in [5.74, 6) is 0. The highest BCUT2D eigenvalue weighted by Crippen LogP contribution is 2.22. The quantitative estimate of drug-likeness (QED) is 0.651. The largest absolute Gasteiger partial charge is 0.398 e. The monoisotopic (exact) mass is 160 g/mol. The fourth-order valence-corrected chi connectivity index (χ4v) is 1.02. The summed E-state index contributed by atoms with van der Waals surface area (Å²) in [5, 5.41) is 0. The van der Waals surface area contributed by atoms with Crippen LogP contribution in [0.3, 0.4) is 0 Å². The van der Waals surface area contributed by atoms with Crippen LogP contribution in [-0.4, -0.2) is 0 Å². The normalized spacial score (nSPS) is 9.33. The first-order valence-electron chi connectivity index (χ1n) is 3.63. The highest BCUT2D eigenvalue weighted by Gasteiger charge is 1.99. The summed E-state index contributed by atoms with van der Waals surface area (Å²) in [6.45, 7) is 7.25. The summed E-state index contributed by atoms with van der Waals surface area (Å²) in [7, 11) is 0. The summed E-state index contributed by atoms with van der Waals surface area (Å²) in [4.78, 5) is 0. The first-order valence-corrected chi connectivity index (χ1v) is 3.63. The standard InChI is InChI=1S/C10H12N2/c1-3-7-5-10(12)8(4-2)6-9(7)11/h3-6H,1-2,11-12H2. The number of hydrogen-bond donors (Lipinski definition) is 2. The van der Waals surface area contributed by atoms with Gasteiger partial charge in [0.2, 0.25) is 0 Å². The molecular formula is C10H12N2. The minimum absolute atomic E-state index is 0.675. The Labute approximate surface area is 72.2 Å². The molecule has 0 radical (unpaired) electrons. The third kappa shape index (κ3) is 1.32. The minimum Gasteiger partial charge on any atom is -0.398 e. The molecule has 0 aliphatic rings. The van der Waals surface area contributed by atoms with Crippen molar-refractivity contribution in [2.24, 2.45) is 0 Å². The van der Waals surface area contributed by atoms with Crippen LogP contribution in [0.4, 0.5) is 11.4 Å². The maximum Gasteiger partial charge on any atom is 0.0394 e. The number of rotatable bonds is 2. The van der Waals surface area contributed by atoms with Crippen LogP contribution >= 0.6 is 0 Å². The molecule has 0 saturated carbocycles. The predicted molar refractivity (Wildman–Crippen MR) is 55.4 cm³/mol. The van der Waals surface area contributed by atoms with Crippen molar-refractivity contribution in [2.75, 3.05) is 11.5 Å². The molecule has 0 fully saturated rings. The van der Waals surface area contributed by atoms with E-state index in [0.717, 1.165) is 11.1 Å². The predicted octanol–water partition coefficient (Wildman–Crippen LogP) is 2.14. The molecule has 0 amide bonds. The summed E-state index contributed by atoms with van der Waals surface area (Å²) in [6.07, 6.45) is 3.36. The summed E-state index contributed by atoms with van der Waals surface area (Å²) < 4.78 is 0. The second-order valence-corrected chi connectivity index (χ2v) is 2.52.